The van der Waals surface area contributed by atoms with Crippen LogP contribution in [0.2, 0.25) is 0 Å². The number of esters is 1. The number of ether oxygens (including phenoxy) is 1. The Balaban J connectivity index is 1.52. The van der Waals surface area contributed by atoms with Crippen LogP contribution in [0.3, 0.4) is 0 Å². The van der Waals surface area contributed by atoms with Crippen LogP contribution in [0.1, 0.15) is 65.2 Å². The quantitative estimate of drug-likeness (QED) is 0.675. The molecule has 8 atom stereocenters. The lowest BCUT2D eigenvalue weighted by Gasteiger charge is -2.62. The molecule has 5 aliphatic rings. The Labute approximate surface area is 166 Å². The van der Waals surface area contributed by atoms with E-state index in [2.05, 4.69) is 13.8 Å². The van der Waals surface area contributed by atoms with Crippen molar-refractivity contribution in [2.45, 2.75) is 76.9 Å². The highest BCUT2D eigenvalue weighted by atomic mass is 16.5. The van der Waals surface area contributed by atoms with E-state index in [9.17, 15) is 19.8 Å². The first-order valence-corrected chi connectivity index (χ1v) is 11.0. The van der Waals surface area contributed by atoms with E-state index in [0.29, 0.717) is 31.1 Å². The number of cyclic esters (lactones) is 1. The number of Topliss-reactive ketones (excluding diaryl/α,β-unsaturated/α-hetero) is 1. The first-order valence-electron chi connectivity index (χ1n) is 11.0. The molecule has 0 amide bonds. The van der Waals surface area contributed by atoms with Gasteiger partial charge < -0.3 is 14.9 Å². The second kappa shape index (κ2) is 5.91. The highest BCUT2D eigenvalue weighted by Crippen LogP contribution is 2.68. The maximum absolute atomic E-state index is 13.6. The molecule has 0 aromatic rings. The number of aliphatic hydroxyl groups is 2. The first-order chi connectivity index (χ1) is 13.2. The van der Waals surface area contributed by atoms with E-state index in [1.165, 1.54) is 0 Å². The fraction of sp³-hybridized carbons (Fsp3) is 0.826. The molecule has 2 N–H and O–H groups in total. The van der Waals surface area contributed by atoms with Gasteiger partial charge in [-0.15, -0.1) is 0 Å². The Morgan fingerprint density at radius 3 is 2.61 bits per heavy atom. The van der Waals surface area contributed by atoms with E-state index in [1.54, 1.807) is 6.08 Å². The molecule has 4 saturated carbocycles. The van der Waals surface area contributed by atoms with Crippen molar-refractivity contribution in [3.05, 3.63) is 11.6 Å². The minimum absolute atomic E-state index is 0.0149. The highest BCUT2D eigenvalue weighted by molar-refractivity contribution is 5.86. The van der Waals surface area contributed by atoms with Gasteiger partial charge in [-0.05, 0) is 73.7 Å². The van der Waals surface area contributed by atoms with Crippen LogP contribution in [0.5, 0.6) is 0 Å². The first kappa shape index (κ1) is 18.8. The molecular weight excluding hydrogens is 356 g/mol. The summed E-state index contributed by atoms with van der Waals surface area (Å²) >= 11 is 0. The van der Waals surface area contributed by atoms with Gasteiger partial charge in [-0.2, -0.15) is 0 Å². The van der Waals surface area contributed by atoms with Crippen LogP contribution in [0.25, 0.3) is 0 Å². The second-order valence-corrected chi connectivity index (χ2v) is 10.7. The second-order valence-electron chi connectivity index (χ2n) is 10.7. The van der Waals surface area contributed by atoms with Crippen molar-refractivity contribution in [1.29, 1.82) is 0 Å². The molecule has 5 heteroatoms. The van der Waals surface area contributed by atoms with Crippen molar-refractivity contribution in [2.75, 3.05) is 6.61 Å². The van der Waals surface area contributed by atoms with Crippen molar-refractivity contribution in [2.24, 2.45) is 34.5 Å². The molecule has 1 heterocycles. The molecule has 0 spiro atoms. The maximum atomic E-state index is 13.6. The number of carbonyl (C=O) groups excluding carboxylic acids is 2. The van der Waals surface area contributed by atoms with Gasteiger partial charge in [0.25, 0.3) is 0 Å². The molecular formula is C23H32O5. The summed E-state index contributed by atoms with van der Waals surface area (Å²) in [5.74, 6) is 0.272. The van der Waals surface area contributed by atoms with Gasteiger partial charge in [0.2, 0.25) is 0 Å². The summed E-state index contributed by atoms with van der Waals surface area (Å²) < 4.78 is 5.14. The number of ketones is 1. The minimum atomic E-state index is -0.868. The molecule has 1 aliphatic heterocycles. The summed E-state index contributed by atoms with van der Waals surface area (Å²) in [6.07, 6.45) is 7.48. The summed E-state index contributed by atoms with van der Waals surface area (Å²) in [7, 11) is 0. The average molecular weight is 389 g/mol. The van der Waals surface area contributed by atoms with Gasteiger partial charge in [-0.1, -0.05) is 13.8 Å². The van der Waals surface area contributed by atoms with E-state index in [-0.39, 0.29) is 35.2 Å². The fourth-order valence-corrected chi connectivity index (χ4v) is 8.18. The summed E-state index contributed by atoms with van der Waals surface area (Å²) in [5.41, 5.74) is -0.551. The zero-order valence-electron chi connectivity index (χ0n) is 16.9. The molecule has 0 aromatic heterocycles. The summed E-state index contributed by atoms with van der Waals surface area (Å²) in [6, 6.07) is 0. The van der Waals surface area contributed by atoms with Gasteiger partial charge in [0.1, 0.15) is 12.4 Å². The molecule has 0 bridgehead atoms. The van der Waals surface area contributed by atoms with Crippen LogP contribution in [-0.4, -0.2) is 40.3 Å². The van der Waals surface area contributed by atoms with E-state index < -0.39 is 11.0 Å². The predicted molar refractivity (Wildman–Crippen MR) is 102 cm³/mol. The van der Waals surface area contributed by atoms with Gasteiger partial charge in [0.05, 0.1) is 11.7 Å². The van der Waals surface area contributed by atoms with Crippen molar-refractivity contribution in [3.8, 4) is 0 Å². The molecule has 0 saturated heterocycles. The van der Waals surface area contributed by atoms with Crippen molar-refractivity contribution in [3.63, 3.8) is 0 Å². The summed E-state index contributed by atoms with van der Waals surface area (Å²) in [5, 5.41) is 22.2. The topological polar surface area (TPSA) is 83.8 Å². The van der Waals surface area contributed by atoms with Crippen LogP contribution in [0, 0.1) is 34.5 Å². The third kappa shape index (κ3) is 2.26. The lowest BCUT2D eigenvalue weighted by atomic mass is 9.43. The van der Waals surface area contributed by atoms with Gasteiger partial charge >= 0.3 is 5.97 Å². The van der Waals surface area contributed by atoms with Crippen molar-refractivity contribution in [1.82, 2.24) is 0 Å². The number of rotatable bonds is 1. The zero-order chi connectivity index (χ0) is 19.9. The molecule has 0 radical (unpaired) electrons. The molecule has 5 rings (SSSR count). The maximum Gasteiger partial charge on any atom is 0.331 e. The van der Waals surface area contributed by atoms with Gasteiger partial charge in [-0.3, -0.25) is 4.79 Å². The molecule has 154 valence electrons. The van der Waals surface area contributed by atoms with Crippen molar-refractivity contribution >= 4 is 11.8 Å². The number of hydrogen-bond donors (Lipinski definition) is 2. The lowest BCUT2D eigenvalue weighted by Crippen LogP contribution is -2.65. The molecule has 0 unspecified atom stereocenters. The van der Waals surface area contributed by atoms with E-state index in [4.69, 9.17) is 4.74 Å². The molecule has 5 nitrogen and oxygen atoms in total. The van der Waals surface area contributed by atoms with Crippen LogP contribution in [0.15, 0.2) is 11.6 Å². The van der Waals surface area contributed by atoms with Gasteiger partial charge in [-0.25, -0.2) is 4.79 Å². The van der Waals surface area contributed by atoms with Crippen LogP contribution < -0.4 is 0 Å². The molecule has 4 aliphatic carbocycles. The zero-order valence-corrected chi connectivity index (χ0v) is 16.9. The van der Waals surface area contributed by atoms with Crippen LogP contribution >= 0.6 is 0 Å². The molecule has 4 fully saturated rings. The lowest BCUT2D eigenvalue weighted by molar-refractivity contribution is -0.206. The van der Waals surface area contributed by atoms with E-state index in [0.717, 1.165) is 44.1 Å². The number of carbonyl (C=O) groups is 2. The number of fused-ring (bicyclic) bond motifs is 5. The highest BCUT2D eigenvalue weighted by Gasteiger charge is 2.70. The van der Waals surface area contributed by atoms with Crippen molar-refractivity contribution < 1.29 is 24.5 Å². The summed E-state index contributed by atoms with van der Waals surface area (Å²) in [6.45, 7) is 4.61. The normalized spacial score (nSPS) is 53.1. The third-order valence-electron chi connectivity index (χ3n) is 9.65. The minimum Gasteiger partial charge on any atom is -0.458 e. The Bertz CT molecular complexity index is 758. The average Bonchev–Trinajstić information content (AvgIpc) is 3.16. The fourth-order valence-electron chi connectivity index (χ4n) is 8.18. The molecule has 28 heavy (non-hydrogen) atoms. The predicted octanol–water partition coefficient (Wildman–Crippen LogP) is 2.78. The molecule has 0 aromatic carbocycles. The Hall–Kier alpha value is -1.20. The largest absolute Gasteiger partial charge is 0.458 e. The van der Waals surface area contributed by atoms with Gasteiger partial charge in [0.15, 0.2) is 0 Å². The smallest absolute Gasteiger partial charge is 0.331 e. The van der Waals surface area contributed by atoms with Crippen LogP contribution in [0.4, 0.5) is 0 Å². The van der Waals surface area contributed by atoms with E-state index in [1.807, 2.05) is 0 Å². The number of hydrogen-bond acceptors (Lipinski definition) is 5. The Kier molecular flexibility index (Phi) is 3.97. The SMILES string of the molecule is C[C@]12CC[C@H](O)C[C@@H]1CC[C@H]1[C@H]2C(=O)C[C@]2(C)[C@H](C3=CC(=O)OC3)CC[C@]12O. The van der Waals surface area contributed by atoms with Crippen LogP contribution in [-0.2, 0) is 14.3 Å². The monoisotopic (exact) mass is 388 g/mol. The van der Waals surface area contributed by atoms with Gasteiger partial charge in [0, 0.05) is 23.8 Å². The van der Waals surface area contributed by atoms with E-state index >= 15 is 0 Å². The Morgan fingerprint density at radius 1 is 1.11 bits per heavy atom. The summed E-state index contributed by atoms with van der Waals surface area (Å²) in [4.78, 5) is 25.2. The third-order valence-corrected chi connectivity index (χ3v) is 9.65. The standard InChI is InChI=1S/C23H32O5/c1-21-7-5-15(24)10-14(21)3-4-17-20(21)18(25)11-22(2)16(6-8-23(17,22)27)13-9-19(26)28-12-13/h9,14-17,20,24,27H,3-8,10-12H2,1-2H3/t14-,15-,16-,17-,20-,21-,22+,23-/m0/s1. The number of aliphatic hydroxyl groups excluding tert-OH is 1. The Morgan fingerprint density at radius 2 is 1.89 bits per heavy atom.